The van der Waals surface area contributed by atoms with Gasteiger partial charge in [0.2, 0.25) is 0 Å². The molecule has 0 aliphatic carbocycles. The minimum atomic E-state index is -0.636. The number of aliphatic hydroxyl groups is 1. The van der Waals surface area contributed by atoms with Crippen LogP contribution in [0.25, 0.3) is 0 Å². The topological polar surface area (TPSA) is 118 Å². The van der Waals surface area contributed by atoms with Crippen LogP contribution in [0, 0.1) is 10.1 Å². The molecule has 2 aromatic rings. The van der Waals surface area contributed by atoms with E-state index in [1.54, 1.807) is 24.3 Å². The molecular weight excluding hydrogens is 274 g/mol. The third-order valence-corrected chi connectivity index (χ3v) is 2.86. The molecule has 0 unspecified atom stereocenters. The summed E-state index contributed by atoms with van der Waals surface area (Å²) in [4.78, 5) is 22.4. The Morgan fingerprint density at radius 2 is 1.90 bits per heavy atom. The molecule has 0 saturated heterocycles. The van der Waals surface area contributed by atoms with Crippen LogP contribution in [0.15, 0.2) is 42.5 Å². The van der Waals surface area contributed by atoms with Gasteiger partial charge in [-0.3, -0.25) is 14.9 Å². The fourth-order valence-corrected chi connectivity index (χ4v) is 1.79. The highest BCUT2D eigenvalue weighted by molar-refractivity contribution is 6.07. The third-order valence-electron chi connectivity index (χ3n) is 2.86. The van der Waals surface area contributed by atoms with Crippen molar-refractivity contribution in [1.82, 2.24) is 0 Å². The molecule has 2 rings (SSSR count). The lowest BCUT2D eigenvalue weighted by atomic mass is 10.1. The lowest BCUT2D eigenvalue weighted by molar-refractivity contribution is -0.385. The summed E-state index contributed by atoms with van der Waals surface area (Å²) < 4.78 is 0. The van der Waals surface area contributed by atoms with Gasteiger partial charge < -0.3 is 16.2 Å². The van der Waals surface area contributed by atoms with Gasteiger partial charge in [0.05, 0.1) is 11.5 Å². The van der Waals surface area contributed by atoms with Crippen molar-refractivity contribution >= 4 is 23.0 Å². The molecule has 0 saturated carbocycles. The molecule has 7 nitrogen and oxygen atoms in total. The lowest BCUT2D eigenvalue weighted by Gasteiger charge is -2.07. The molecular formula is C14H13N3O4. The van der Waals surface area contributed by atoms with Crippen LogP contribution >= 0.6 is 0 Å². The van der Waals surface area contributed by atoms with Crippen molar-refractivity contribution in [3.05, 3.63) is 63.7 Å². The monoisotopic (exact) mass is 287 g/mol. The van der Waals surface area contributed by atoms with E-state index in [2.05, 4.69) is 5.32 Å². The summed E-state index contributed by atoms with van der Waals surface area (Å²) in [6, 6.07) is 10.3. The van der Waals surface area contributed by atoms with Gasteiger partial charge in [0.15, 0.2) is 0 Å². The SMILES string of the molecule is Nc1ccc([N+](=O)[O-])c(C(=O)Nc2ccc(CO)cc2)c1. The highest BCUT2D eigenvalue weighted by Crippen LogP contribution is 2.22. The van der Waals surface area contributed by atoms with Crippen LogP contribution in [-0.4, -0.2) is 15.9 Å². The maximum absolute atomic E-state index is 12.1. The van der Waals surface area contributed by atoms with Crippen LogP contribution in [-0.2, 0) is 6.61 Å². The van der Waals surface area contributed by atoms with Crippen LogP contribution in [0.4, 0.5) is 17.1 Å². The summed E-state index contributed by atoms with van der Waals surface area (Å²) in [6.07, 6.45) is 0. The molecule has 0 heterocycles. The van der Waals surface area contributed by atoms with Gasteiger partial charge in [-0.05, 0) is 29.8 Å². The highest BCUT2D eigenvalue weighted by Gasteiger charge is 2.20. The zero-order chi connectivity index (χ0) is 15.4. The normalized spacial score (nSPS) is 10.1. The van der Waals surface area contributed by atoms with Crippen LogP contribution in [0.5, 0.6) is 0 Å². The number of nitrogens with two attached hydrogens (primary N) is 1. The molecule has 4 N–H and O–H groups in total. The van der Waals surface area contributed by atoms with Crippen LogP contribution in [0.2, 0.25) is 0 Å². The van der Waals surface area contributed by atoms with Crippen molar-refractivity contribution in [2.75, 3.05) is 11.1 Å². The number of hydrogen-bond donors (Lipinski definition) is 3. The molecule has 0 aromatic heterocycles. The van der Waals surface area contributed by atoms with E-state index in [0.29, 0.717) is 11.3 Å². The number of nitrogen functional groups attached to an aromatic ring is 1. The zero-order valence-electron chi connectivity index (χ0n) is 10.9. The summed E-state index contributed by atoms with van der Waals surface area (Å²) >= 11 is 0. The average Bonchev–Trinajstić information content (AvgIpc) is 2.47. The summed E-state index contributed by atoms with van der Waals surface area (Å²) in [6.45, 7) is -0.102. The summed E-state index contributed by atoms with van der Waals surface area (Å²) in [5.74, 6) is -0.620. The highest BCUT2D eigenvalue weighted by atomic mass is 16.6. The smallest absolute Gasteiger partial charge is 0.282 e. The van der Waals surface area contributed by atoms with Crippen LogP contribution in [0.1, 0.15) is 15.9 Å². The van der Waals surface area contributed by atoms with E-state index in [-0.39, 0.29) is 23.5 Å². The Morgan fingerprint density at radius 1 is 1.24 bits per heavy atom. The predicted molar refractivity (Wildman–Crippen MR) is 77.8 cm³/mol. The van der Waals surface area contributed by atoms with Crippen molar-refractivity contribution in [2.24, 2.45) is 0 Å². The van der Waals surface area contributed by atoms with E-state index in [1.807, 2.05) is 0 Å². The molecule has 108 valence electrons. The number of aliphatic hydroxyl groups excluding tert-OH is 1. The molecule has 0 aliphatic heterocycles. The first-order valence-corrected chi connectivity index (χ1v) is 6.06. The van der Waals surface area contributed by atoms with E-state index in [9.17, 15) is 14.9 Å². The maximum Gasteiger partial charge on any atom is 0.282 e. The average molecular weight is 287 g/mol. The number of nitro benzene ring substituents is 1. The first-order chi connectivity index (χ1) is 10.0. The second kappa shape index (κ2) is 6.02. The van der Waals surface area contributed by atoms with Crippen molar-refractivity contribution in [1.29, 1.82) is 0 Å². The molecule has 0 fully saturated rings. The van der Waals surface area contributed by atoms with E-state index >= 15 is 0 Å². The Hall–Kier alpha value is -2.93. The number of hydrogen-bond acceptors (Lipinski definition) is 5. The van der Waals surface area contributed by atoms with Crippen LogP contribution in [0.3, 0.4) is 0 Å². The minimum Gasteiger partial charge on any atom is -0.399 e. The van der Waals surface area contributed by atoms with E-state index in [0.717, 1.165) is 0 Å². The number of nitrogens with one attached hydrogen (secondary N) is 1. The lowest BCUT2D eigenvalue weighted by Crippen LogP contribution is -2.14. The maximum atomic E-state index is 12.1. The summed E-state index contributed by atoms with van der Waals surface area (Å²) in [5.41, 5.74) is 6.58. The number of carbonyl (C=O) groups is 1. The van der Waals surface area contributed by atoms with Gasteiger partial charge in [-0.15, -0.1) is 0 Å². The fraction of sp³-hybridized carbons (Fsp3) is 0.0714. The number of amides is 1. The summed E-state index contributed by atoms with van der Waals surface area (Å²) in [7, 11) is 0. The number of benzene rings is 2. The Labute approximate surface area is 120 Å². The minimum absolute atomic E-state index is 0.102. The molecule has 0 bridgehead atoms. The first kappa shape index (κ1) is 14.5. The van der Waals surface area contributed by atoms with Gasteiger partial charge in [0.1, 0.15) is 5.56 Å². The molecule has 1 amide bonds. The van der Waals surface area contributed by atoms with Crippen molar-refractivity contribution in [3.63, 3.8) is 0 Å². The molecule has 7 heteroatoms. The zero-order valence-corrected chi connectivity index (χ0v) is 10.9. The van der Waals surface area contributed by atoms with Gasteiger partial charge in [0.25, 0.3) is 11.6 Å². The second-order valence-electron chi connectivity index (χ2n) is 4.34. The van der Waals surface area contributed by atoms with Gasteiger partial charge in [-0.1, -0.05) is 12.1 Å². The number of nitro groups is 1. The number of anilines is 2. The van der Waals surface area contributed by atoms with E-state index in [1.165, 1.54) is 18.2 Å². The van der Waals surface area contributed by atoms with Gasteiger partial charge in [-0.25, -0.2) is 0 Å². The Bertz CT molecular complexity index is 683. The molecule has 0 radical (unpaired) electrons. The first-order valence-electron chi connectivity index (χ1n) is 6.06. The number of nitrogens with zero attached hydrogens (tertiary/aromatic N) is 1. The molecule has 0 aliphatic rings. The largest absolute Gasteiger partial charge is 0.399 e. The molecule has 0 atom stereocenters. The molecule has 21 heavy (non-hydrogen) atoms. The summed E-state index contributed by atoms with van der Waals surface area (Å²) in [5, 5.41) is 22.4. The third kappa shape index (κ3) is 3.34. The van der Waals surface area contributed by atoms with Gasteiger partial charge >= 0.3 is 0 Å². The van der Waals surface area contributed by atoms with Gasteiger partial charge in [0, 0.05) is 17.4 Å². The second-order valence-corrected chi connectivity index (χ2v) is 4.34. The van der Waals surface area contributed by atoms with Crippen LogP contribution < -0.4 is 11.1 Å². The number of rotatable bonds is 4. The Balaban J connectivity index is 2.27. The van der Waals surface area contributed by atoms with Crippen molar-refractivity contribution in [2.45, 2.75) is 6.61 Å². The molecule has 2 aromatic carbocycles. The number of carbonyl (C=O) groups excluding carboxylic acids is 1. The van der Waals surface area contributed by atoms with E-state index in [4.69, 9.17) is 10.8 Å². The standard InChI is InChI=1S/C14H13N3O4/c15-10-3-6-13(17(20)21)12(7-10)14(19)16-11-4-1-9(8-18)2-5-11/h1-7,18H,8,15H2,(H,16,19). The van der Waals surface area contributed by atoms with Crippen molar-refractivity contribution < 1.29 is 14.8 Å². The fourth-order valence-electron chi connectivity index (χ4n) is 1.79. The Kier molecular flexibility index (Phi) is 4.15. The Morgan fingerprint density at radius 3 is 2.48 bits per heavy atom. The quantitative estimate of drug-likeness (QED) is 0.451. The molecule has 0 spiro atoms. The van der Waals surface area contributed by atoms with E-state index < -0.39 is 10.8 Å². The van der Waals surface area contributed by atoms with Gasteiger partial charge in [-0.2, -0.15) is 0 Å². The van der Waals surface area contributed by atoms with Crippen molar-refractivity contribution in [3.8, 4) is 0 Å². The predicted octanol–water partition coefficient (Wildman–Crippen LogP) is 1.92.